The van der Waals surface area contributed by atoms with Gasteiger partial charge in [-0.05, 0) is 31.2 Å². The molecule has 1 rings (SSSR count). The molecule has 0 aliphatic carbocycles. The summed E-state index contributed by atoms with van der Waals surface area (Å²) in [5.41, 5.74) is 0. The summed E-state index contributed by atoms with van der Waals surface area (Å²) in [6, 6.07) is 3.89. The molecule has 0 fully saturated rings. The quantitative estimate of drug-likeness (QED) is 0.689. The number of amides is 1. The molecule has 1 aromatic rings. The van der Waals surface area contributed by atoms with E-state index in [0.29, 0.717) is 12.3 Å². The fourth-order valence-electron chi connectivity index (χ4n) is 1.53. The molecule has 1 amide bonds. The van der Waals surface area contributed by atoms with E-state index in [-0.39, 0.29) is 24.0 Å². The van der Waals surface area contributed by atoms with Crippen molar-refractivity contribution in [1.29, 1.82) is 0 Å². The van der Waals surface area contributed by atoms with Crippen LogP contribution in [0.1, 0.15) is 19.8 Å². The zero-order chi connectivity index (χ0) is 14.8. The van der Waals surface area contributed by atoms with Crippen LogP contribution in [0.3, 0.4) is 0 Å². The molecular formula is C14H20ClFN2O2. The Bertz CT molecular complexity index is 430. The molecule has 0 saturated carbocycles. The SMILES string of the molecule is CCCNCCNC(=O)CCOc1ccc(F)cc1Cl. The van der Waals surface area contributed by atoms with E-state index >= 15 is 0 Å². The number of nitrogens with one attached hydrogen (secondary N) is 2. The van der Waals surface area contributed by atoms with Crippen LogP contribution in [0.25, 0.3) is 0 Å². The second-order valence-corrected chi connectivity index (χ2v) is 4.68. The van der Waals surface area contributed by atoms with Crippen LogP contribution in [0.2, 0.25) is 5.02 Å². The average Bonchev–Trinajstić information content (AvgIpc) is 2.41. The first-order valence-electron chi connectivity index (χ1n) is 6.68. The summed E-state index contributed by atoms with van der Waals surface area (Å²) in [5, 5.41) is 6.17. The molecule has 0 spiro atoms. The van der Waals surface area contributed by atoms with Gasteiger partial charge in [-0.15, -0.1) is 0 Å². The van der Waals surface area contributed by atoms with Gasteiger partial charge < -0.3 is 15.4 Å². The van der Waals surface area contributed by atoms with Gasteiger partial charge in [0, 0.05) is 13.1 Å². The molecule has 4 nitrogen and oxygen atoms in total. The predicted octanol–water partition coefficient (Wildman–Crippen LogP) is 2.36. The molecule has 0 aliphatic heterocycles. The molecule has 0 unspecified atom stereocenters. The van der Waals surface area contributed by atoms with E-state index in [0.717, 1.165) is 19.5 Å². The maximum atomic E-state index is 12.8. The number of ether oxygens (including phenoxy) is 1. The van der Waals surface area contributed by atoms with Crippen LogP contribution < -0.4 is 15.4 Å². The smallest absolute Gasteiger partial charge is 0.223 e. The van der Waals surface area contributed by atoms with Crippen molar-refractivity contribution in [2.24, 2.45) is 0 Å². The van der Waals surface area contributed by atoms with Crippen molar-refractivity contribution in [1.82, 2.24) is 10.6 Å². The van der Waals surface area contributed by atoms with Crippen molar-refractivity contribution in [3.05, 3.63) is 29.0 Å². The topological polar surface area (TPSA) is 50.4 Å². The lowest BCUT2D eigenvalue weighted by atomic mass is 10.3. The summed E-state index contributed by atoms with van der Waals surface area (Å²) in [6.45, 7) is 4.59. The Balaban J connectivity index is 2.15. The highest BCUT2D eigenvalue weighted by Gasteiger charge is 2.05. The fraction of sp³-hybridized carbons (Fsp3) is 0.500. The minimum Gasteiger partial charge on any atom is -0.491 e. The van der Waals surface area contributed by atoms with Gasteiger partial charge in [0.15, 0.2) is 0 Å². The third-order valence-corrected chi connectivity index (χ3v) is 2.83. The van der Waals surface area contributed by atoms with Crippen LogP contribution in [0.15, 0.2) is 18.2 Å². The Morgan fingerprint density at radius 3 is 2.85 bits per heavy atom. The minimum atomic E-state index is -0.417. The Labute approximate surface area is 123 Å². The molecule has 0 aromatic heterocycles. The van der Waals surface area contributed by atoms with Gasteiger partial charge in [0.2, 0.25) is 5.91 Å². The maximum absolute atomic E-state index is 12.8. The molecule has 0 atom stereocenters. The van der Waals surface area contributed by atoms with Gasteiger partial charge >= 0.3 is 0 Å². The summed E-state index contributed by atoms with van der Waals surface area (Å²) in [7, 11) is 0. The zero-order valence-corrected chi connectivity index (χ0v) is 12.3. The lowest BCUT2D eigenvalue weighted by molar-refractivity contribution is -0.121. The van der Waals surface area contributed by atoms with Gasteiger partial charge in [-0.2, -0.15) is 0 Å². The van der Waals surface area contributed by atoms with Gasteiger partial charge in [-0.3, -0.25) is 4.79 Å². The lowest BCUT2D eigenvalue weighted by Gasteiger charge is -2.09. The number of hydrogen-bond acceptors (Lipinski definition) is 3. The number of benzene rings is 1. The molecule has 2 N–H and O–H groups in total. The molecular weight excluding hydrogens is 283 g/mol. The normalized spacial score (nSPS) is 10.3. The van der Waals surface area contributed by atoms with Crippen molar-refractivity contribution in [2.45, 2.75) is 19.8 Å². The molecule has 6 heteroatoms. The van der Waals surface area contributed by atoms with Gasteiger partial charge in [0.25, 0.3) is 0 Å². The number of carbonyl (C=O) groups is 1. The number of carbonyl (C=O) groups excluding carboxylic acids is 1. The Morgan fingerprint density at radius 2 is 2.15 bits per heavy atom. The number of halogens is 2. The van der Waals surface area contributed by atoms with E-state index < -0.39 is 5.82 Å². The van der Waals surface area contributed by atoms with Crippen LogP contribution in [-0.4, -0.2) is 32.1 Å². The third-order valence-electron chi connectivity index (χ3n) is 2.53. The fourth-order valence-corrected chi connectivity index (χ4v) is 1.75. The van der Waals surface area contributed by atoms with Crippen molar-refractivity contribution in [2.75, 3.05) is 26.2 Å². The molecule has 0 heterocycles. The molecule has 20 heavy (non-hydrogen) atoms. The lowest BCUT2D eigenvalue weighted by Crippen LogP contribution is -2.32. The van der Waals surface area contributed by atoms with E-state index in [1.54, 1.807) is 0 Å². The van der Waals surface area contributed by atoms with Crippen LogP contribution in [0.4, 0.5) is 4.39 Å². The Hall–Kier alpha value is -1.33. The summed E-state index contributed by atoms with van der Waals surface area (Å²) in [6.07, 6.45) is 1.31. The summed E-state index contributed by atoms with van der Waals surface area (Å²) in [4.78, 5) is 11.5. The maximum Gasteiger partial charge on any atom is 0.223 e. The largest absolute Gasteiger partial charge is 0.491 e. The van der Waals surface area contributed by atoms with Crippen LogP contribution >= 0.6 is 11.6 Å². The first-order chi connectivity index (χ1) is 9.63. The second-order valence-electron chi connectivity index (χ2n) is 4.27. The van der Waals surface area contributed by atoms with Crippen molar-refractivity contribution in [3.63, 3.8) is 0 Å². The standard InChI is InChI=1S/C14H20ClFN2O2/c1-2-6-17-7-8-18-14(19)5-9-20-13-4-3-11(16)10-12(13)15/h3-4,10,17H,2,5-9H2,1H3,(H,18,19). The minimum absolute atomic E-state index is 0.0819. The van der Waals surface area contributed by atoms with Gasteiger partial charge in [0.05, 0.1) is 18.1 Å². The van der Waals surface area contributed by atoms with Crippen LogP contribution in [0, 0.1) is 5.82 Å². The molecule has 0 aliphatic rings. The highest BCUT2D eigenvalue weighted by molar-refractivity contribution is 6.32. The van der Waals surface area contributed by atoms with Gasteiger partial charge in [-0.25, -0.2) is 4.39 Å². The molecule has 1 aromatic carbocycles. The van der Waals surface area contributed by atoms with Crippen molar-refractivity contribution in [3.8, 4) is 5.75 Å². The highest BCUT2D eigenvalue weighted by Crippen LogP contribution is 2.24. The second kappa shape index (κ2) is 9.55. The van der Waals surface area contributed by atoms with E-state index in [1.165, 1.54) is 18.2 Å². The third kappa shape index (κ3) is 6.73. The van der Waals surface area contributed by atoms with Crippen molar-refractivity contribution < 1.29 is 13.9 Å². The van der Waals surface area contributed by atoms with Crippen LogP contribution in [-0.2, 0) is 4.79 Å². The average molecular weight is 303 g/mol. The molecule has 0 bridgehead atoms. The van der Waals surface area contributed by atoms with E-state index in [9.17, 15) is 9.18 Å². The summed E-state index contributed by atoms with van der Waals surface area (Å²) >= 11 is 5.80. The molecule has 0 saturated heterocycles. The molecule has 0 radical (unpaired) electrons. The first kappa shape index (κ1) is 16.7. The zero-order valence-electron chi connectivity index (χ0n) is 11.5. The highest BCUT2D eigenvalue weighted by atomic mass is 35.5. The number of rotatable bonds is 9. The van der Waals surface area contributed by atoms with Gasteiger partial charge in [-0.1, -0.05) is 18.5 Å². The van der Waals surface area contributed by atoms with E-state index in [1.807, 2.05) is 0 Å². The van der Waals surface area contributed by atoms with Crippen LogP contribution in [0.5, 0.6) is 5.75 Å². The Kier molecular flexibility index (Phi) is 7.99. The van der Waals surface area contributed by atoms with E-state index in [2.05, 4.69) is 17.6 Å². The van der Waals surface area contributed by atoms with Gasteiger partial charge in [0.1, 0.15) is 11.6 Å². The Morgan fingerprint density at radius 1 is 1.35 bits per heavy atom. The molecule has 112 valence electrons. The monoisotopic (exact) mass is 302 g/mol. The summed E-state index contributed by atoms with van der Waals surface area (Å²) < 4.78 is 18.1. The first-order valence-corrected chi connectivity index (χ1v) is 7.06. The number of hydrogen-bond donors (Lipinski definition) is 2. The van der Waals surface area contributed by atoms with Crippen molar-refractivity contribution >= 4 is 17.5 Å². The van der Waals surface area contributed by atoms with E-state index in [4.69, 9.17) is 16.3 Å². The predicted molar refractivity (Wildman–Crippen MR) is 77.7 cm³/mol. The summed E-state index contributed by atoms with van der Waals surface area (Å²) in [5.74, 6) is -0.119.